The number of nitrogens with two attached hydrogens (primary N) is 1. The summed E-state index contributed by atoms with van der Waals surface area (Å²) in [6.45, 7) is 8.75. The molecule has 0 radical (unpaired) electrons. The first-order chi connectivity index (χ1) is 4.09. The van der Waals surface area contributed by atoms with E-state index < -0.39 is 6.10 Å². The topological polar surface area (TPSA) is 46.2 Å². The molecule has 2 heteroatoms. The maximum atomic E-state index is 9.00. The van der Waals surface area contributed by atoms with Crippen molar-refractivity contribution >= 4 is 0 Å². The Morgan fingerprint density at radius 1 is 1.78 bits per heavy atom. The molecule has 0 bridgehead atoms. The quantitative estimate of drug-likeness (QED) is 0.540. The fourth-order valence-corrected chi connectivity index (χ4v) is 0.421. The lowest BCUT2D eigenvalue weighted by atomic mass is 10.1. The summed E-state index contributed by atoms with van der Waals surface area (Å²) in [6, 6.07) is -0.169. The van der Waals surface area contributed by atoms with Gasteiger partial charge in [0.25, 0.3) is 0 Å². The van der Waals surface area contributed by atoms with Crippen molar-refractivity contribution in [2.45, 2.75) is 19.1 Å². The van der Waals surface area contributed by atoms with Gasteiger partial charge in [-0.3, -0.25) is 0 Å². The van der Waals surface area contributed by atoms with Gasteiger partial charge in [-0.1, -0.05) is 12.7 Å². The molecule has 0 aromatic carbocycles. The molecule has 0 saturated heterocycles. The van der Waals surface area contributed by atoms with E-state index in [1.54, 1.807) is 6.92 Å². The average Bonchev–Trinajstić information content (AvgIpc) is 1.84. The summed E-state index contributed by atoms with van der Waals surface area (Å²) in [5, 5.41) is 9.00. The van der Waals surface area contributed by atoms with Gasteiger partial charge < -0.3 is 10.8 Å². The molecular weight excluding hydrogens is 114 g/mol. The van der Waals surface area contributed by atoms with Crippen LogP contribution in [0.3, 0.4) is 0 Å². The van der Waals surface area contributed by atoms with Gasteiger partial charge in [0, 0.05) is 6.04 Å². The second-order valence-corrected chi connectivity index (χ2v) is 2.04. The fraction of sp³-hybridized carbons (Fsp3) is 0.429. The van der Waals surface area contributed by atoms with E-state index in [-0.39, 0.29) is 6.04 Å². The summed E-state index contributed by atoms with van der Waals surface area (Å²) >= 11 is 0. The first-order valence-electron chi connectivity index (χ1n) is 2.84. The smallest absolute Gasteiger partial charge is 0.0941 e. The fourth-order valence-electron chi connectivity index (χ4n) is 0.421. The lowest BCUT2D eigenvalue weighted by molar-refractivity contribution is 0.253. The first-order valence-corrected chi connectivity index (χ1v) is 2.84. The lowest BCUT2D eigenvalue weighted by Gasteiger charge is -2.11. The molecule has 0 aliphatic heterocycles. The van der Waals surface area contributed by atoms with Gasteiger partial charge in [-0.05, 0) is 12.5 Å². The van der Waals surface area contributed by atoms with Crippen LogP contribution in [0.1, 0.15) is 6.92 Å². The largest absolute Gasteiger partial charge is 0.385 e. The van der Waals surface area contributed by atoms with Crippen LogP contribution in [-0.2, 0) is 0 Å². The number of hydrogen-bond donors (Lipinski definition) is 2. The van der Waals surface area contributed by atoms with Gasteiger partial charge in [-0.15, -0.1) is 6.58 Å². The van der Waals surface area contributed by atoms with Crippen LogP contribution in [0.15, 0.2) is 24.8 Å². The minimum atomic E-state index is -0.662. The maximum Gasteiger partial charge on any atom is 0.0941 e. The van der Waals surface area contributed by atoms with E-state index in [1.165, 1.54) is 6.08 Å². The molecular formula is C7H13NO. The molecule has 2 unspecified atom stereocenters. The maximum absolute atomic E-state index is 9.00. The highest BCUT2D eigenvalue weighted by atomic mass is 16.3. The highest BCUT2D eigenvalue weighted by Gasteiger charge is 2.06. The van der Waals surface area contributed by atoms with E-state index in [4.69, 9.17) is 10.8 Å². The highest BCUT2D eigenvalue weighted by molar-refractivity contribution is 5.14. The molecule has 0 aromatic rings. The third kappa shape index (κ3) is 2.44. The molecule has 0 aliphatic carbocycles. The SMILES string of the molecule is C=CC(O)C(=C)C(C)N. The zero-order valence-electron chi connectivity index (χ0n) is 5.67. The minimum absolute atomic E-state index is 0.169. The Hall–Kier alpha value is -0.600. The molecule has 0 heterocycles. The molecule has 0 rings (SSSR count). The predicted molar refractivity (Wildman–Crippen MR) is 39.0 cm³/mol. The van der Waals surface area contributed by atoms with Crippen molar-refractivity contribution in [3.8, 4) is 0 Å². The van der Waals surface area contributed by atoms with Crippen molar-refractivity contribution in [1.82, 2.24) is 0 Å². The number of rotatable bonds is 3. The zero-order chi connectivity index (χ0) is 7.44. The Bertz CT molecular complexity index is 118. The van der Waals surface area contributed by atoms with E-state index in [0.717, 1.165) is 0 Å². The Morgan fingerprint density at radius 2 is 2.22 bits per heavy atom. The van der Waals surface area contributed by atoms with Crippen LogP contribution < -0.4 is 5.73 Å². The van der Waals surface area contributed by atoms with Crippen LogP contribution in [0, 0.1) is 0 Å². The van der Waals surface area contributed by atoms with E-state index in [2.05, 4.69) is 13.2 Å². The molecule has 0 aromatic heterocycles. The predicted octanol–water partition coefficient (Wildman–Crippen LogP) is 0.437. The Labute approximate surface area is 55.7 Å². The molecule has 52 valence electrons. The first kappa shape index (κ1) is 8.40. The van der Waals surface area contributed by atoms with Gasteiger partial charge in [0.05, 0.1) is 6.10 Å². The molecule has 2 atom stereocenters. The lowest BCUT2D eigenvalue weighted by Crippen LogP contribution is -2.24. The van der Waals surface area contributed by atoms with E-state index in [0.29, 0.717) is 5.57 Å². The second-order valence-electron chi connectivity index (χ2n) is 2.04. The van der Waals surface area contributed by atoms with E-state index in [1.807, 2.05) is 0 Å². The van der Waals surface area contributed by atoms with Gasteiger partial charge in [0.1, 0.15) is 0 Å². The monoisotopic (exact) mass is 127 g/mol. The van der Waals surface area contributed by atoms with Crippen LogP contribution in [0.5, 0.6) is 0 Å². The Morgan fingerprint density at radius 3 is 2.33 bits per heavy atom. The van der Waals surface area contributed by atoms with Gasteiger partial charge >= 0.3 is 0 Å². The Balaban J connectivity index is 3.87. The summed E-state index contributed by atoms with van der Waals surface area (Å²) in [5.74, 6) is 0. The molecule has 3 N–H and O–H groups in total. The third-order valence-corrected chi connectivity index (χ3v) is 1.19. The highest BCUT2D eigenvalue weighted by Crippen LogP contribution is 2.02. The number of hydrogen-bond acceptors (Lipinski definition) is 2. The van der Waals surface area contributed by atoms with Crippen molar-refractivity contribution in [3.63, 3.8) is 0 Å². The molecule has 9 heavy (non-hydrogen) atoms. The standard InChI is InChI=1S/C7H13NO/c1-4-7(9)5(2)6(3)8/h4,6-7,9H,1-2,8H2,3H3. The molecule has 2 nitrogen and oxygen atoms in total. The molecule has 0 spiro atoms. The molecule has 0 aliphatic rings. The zero-order valence-corrected chi connectivity index (χ0v) is 5.67. The van der Waals surface area contributed by atoms with Crippen LogP contribution in [-0.4, -0.2) is 17.3 Å². The summed E-state index contributed by atoms with van der Waals surface area (Å²) in [5.41, 5.74) is 6.01. The van der Waals surface area contributed by atoms with Crippen molar-refractivity contribution < 1.29 is 5.11 Å². The van der Waals surface area contributed by atoms with Gasteiger partial charge in [-0.2, -0.15) is 0 Å². The summed E-state index contributed by atoms with van der Waals surface area (Å²) < 4.78 is 0. The molecule has 0 amide bonds. The number of aliphatic hydroxyl groups excluding tert-OH is 1. The molecule has 0 saturated carbocycles. The van der Waals surface area contributed by atoms with Crippen molar-refractivity contribution in [2.24, 2.45) is 5.73 Å². The van der Waals surface area contributed by atoms with Gasteiger partial charge in [0.2, 0.25) is 0 Å². The van der Waals surface area contributed by atoms with Crippen molar-refractivity contribution in [3.05, 3.63) is 24.8 Å². The molecule has 0 fully saturated rings. The Kier molecular flexibility index (Phi) is 3.20. The van der Waals surface area contributed by atoms with Gasteiger partial charge in [0.15, 0.2) is 0 Å². The van der Waals surface area contributed by atoms with Crippen LogP contribution in [0.25, 0.3) is 0 Å². The second kappa shape index (κ2) is 3.43. The van der Waals surface area contributed by atoms with Crippen LogP contribution in [0.2, 0.25) is 0 Å². The normalized spacial score (nSPS) is 16.3. The van der Waals surface area contributed by atoms with Gasteiger partial charge in [-0.25, -0.2) is 0 Å². The minimum Gasteiger partial charge on any atom is -0.385 e. The van der Waals surface area contributed by atoms with Crippen molar-refractivity contribution in [2.75, 3.05) is 0 Å². The van der Waals surface area contributed by atoms with E-state index >= 15 is 0 Å². The van der Waals surface area contributed by atoms with E-state index in [9.17, 15) is 0 Å². The third-order valence-electron chi connectivity index (χ3n) is 1.19. The summed E-state index contributed by atoms with van der Waals surface area (Å²) in [6.07, 6.45) is 0.746. The van der Waals surface area contributed by atoms with Crippen LogP contribution >= 0.6 is 0 Å². The number of aliphatic hydroxyl groups is 1. The summed E-state index contributed by atoms with van der Waals surface area (Å²) in [7, 11) is 0. The van der Waals surface area contributed by atoms with Crippen LogP contribution in [0.4, 0.5) is 0 Å². The summed E-state index contributed by atoms with van der Waals surface area (Å²) in [4.78, 5) is 0. The average molecular weight is 127 g/mol. The van der Waals surface area contributed by atoms with Crippen molar-refractivity contribution in [1.29, 1.82) is 0 Å².